The van der Waals surface area contributed by atoms with Gasteiger partial charge in [-0.3, -0.25) is 4.79 Å². The Bertz CT molecular complexity index is 964. The number of carbonyl (C=O) groups is 1. The van der Waals surface area contributed by atoms with Crippen LogP contribution in [-0.4, -0.2) is 14.3 Å². The Morgan fingerprint density at radius 3 is 2.46 bits per heavy atom. The molecule has 2 aromatic heterocycles. The summed E-state index contributed by atoms with van der Waals surface area (Å²) in [5.41, 5.74) is 0.656. The van der Waals surface area contributed by atoms with Crippen molar-refractivity contribution in [3.8, 4) is 11.3 Å². The number of sulfonamides is 1. The van der Waals surface area contributed by atoms with Gasteiger partial charge in [0, 0.05) is 11.6 Å². The summed E-state index contributed by atoms with van der Waals surface area (Å²) in [5.74, 6) is -0.275. The van der Waals surface area contributed by atoms with Crippen molar-refractivity contribution >= 4 is 15.9 Å². The quantitative estimate of drug-likeness (QED) is 0.573. The molecule has 1 aromatic carbocycles. The fourth-order valence-electron chi connectivity index (χ4n) is 2.07. The van der Waals surface area contributed by atoms with Crippen LogP contribution in [0.4, 0.5) is 0 Å². The Morgan fingerprint density at radius 2 is 1.83 bits per heavy atom. The van der Waals surface area contributed by atoms with Gasteiger partial charge in [-0.15, -0.1) is 0 Å². The van der Waals surface area contributed by atoms with E-state index in [2.05, 4.69) is 0 Å². The van der Waals surface area contributed by atoms with Crippen LogP contribution in [0, 0.1) is 5.21 Å². The number of nitrogens with one attached hydrogen (secondary N) is 1. The molecule has 7 nitrogen and oxygen atoms in total. The van der Waals surface area contributed by atoms with Crippen molar-refractivity contribution in [1.82, 2.24) is 4.72 Å². The predicted octanol–water partition coefficient (Wildman–Crippen LogP) is 1.70. The van der Waals surface area contributed by atoms with Gasteiger partial charge in [0.15, 0.2) is 12.4 Å². The van der Waals surface area contributed by atoms with Crippen LogP contribution >= 0.6 is 0 Å². The summed E-state index contributed by atoms with van der Waals surface area (Å²) >= 11 is 0. The predicted molar refractivity (Wildman–Crippen MR) is 84.2 cm³/mol. The van der Waals surface area contributed by atoms with E-state index < -0.39 is 15.9 Å². The molecule has 3 rings (SSSR count). The zero-order chi connectivity index (χ0) is 17.2. The Balaban J connectivity index is 1.81. The first kappa shape index (κ1) is 15.8. The van der Waals surface area contributed by atoms with E-state index in [1.807, 2.05) is 4.72 Å². The third-order valence-corrected chi connectivity index (χ3v) is 4.58. The van der Waals surface area contributed by atoms with Crippen LogP contribution in [-0.2, 0) is 10.0 Å². The topological polar surface area (TPSA) is 103 Å². The van der Waals surface area contributed by atoms with Gasteiger partial charge in [-0.25, -0.2) is 13.1 Å². The van der Waals surface area contributed by atoms with Crippen molar-refractivity contribution in [1.29, 1.82) is 0 Å². The molecule has 0 saturated heterocycles. The first-order valence-electron chi connectivity index (χ1n) is 6.86. The second-order valence-electron chi connectivity index (χ2n) is 4.89. The van der Waals surface area contributed by atoms with Crippen molar-refractivity contribution < 1.29 is 22.4 Å². The lowest BCUT2D eigenvalue weighted by Gasteiger charge is -2.07. The summed E-state index contributed by atoms with van der Waals surface area (Å²) in [6.45, 7) is 0. The number of pyridine rings is 1. The van der Waals surface area contributed by atoms with E-state index >= 15 is 0 Å². The Labute approximate surface area is 137 Å². The number of furan rings is 1. The smallest absolute Gasteiger partial charge is 0.271 e. The van der Waals surface area contributed by atoms with E-state index in [-0.39, 0.29) is 10.5 Å². The second-order valence-corrected chi connectivity index (χ2v) is 6.57. The van der Waals surface area contributed by atoms with Gasteiger partial charge in [0.05, 0.1) is 11.2 Å². The highest BCUT2D eigenvalue weighted by atomic mass is 32.2. The number of benzene rings is 1. The minimum Gasteiger partial charge on any atom is -0.619 e. The summed E-state index contributed by atoms with van der Waals surface area (Å²) in [7, 11) is -4.05. The number of hydrogen-bond acceptors (Lipinski definition) is 5. The van der Waals surface area contributed by atoms with Gasteiger partial charge < -0.3 is 9.62 Å². The standard InChI is InChI=1S/C16H12N2O5S/c19-16(13-3-1-9-18(20)11-13)17-24(21,22)14-7-5-12(6-8-14)15-4-2-10-23-15/h1-11H,(H,17,19). The summed E-state index contributed by atoms with van der Waals surface area (Å²) in [6.07, 6.45) is 3.70. The Hall–Kier alpha value is -3.13. The summed E-state index contributed by atoms with van der Waals surface area (Å²) < 4.78 is 32.1. The van der Waals surface area contributed by atoms with Crippen molar-refractivity contribution in [2.24, 2.45) is 0 Å². The molecular formula is C16H12N2O5S. The van der Waals surface area contributed by atoms with E-state index in [1.54, 1.807) is 24.3 Å². The summed E-state index contributed by atoms with van der Waals surface area (Å²) in [6, 6.07) is 12.1. The van der Waals surface area contributed by atoms with Crippen LogP contribution in [0.5, 0.6) is 0 Å². The van der Waals surface area contributed by atoms with E-state index in [9.17, 15) is 18.4 Å². The average molecular weight is 344 g/mol. The minimum absolute atomic E-state index is 0.0525. The Kier molecular flexibility index (Phi) is 4.05. The number of amides is 1. The van der Waals surface area contributed by atoms with Gasteiger partial charge in [0.2, 0.25) is 0 Å². The molecule has 0 spiro atoms. The number of rotatable bonds is 4. The molecule has 2 heterocycles. The second kappa shape index (κ2) is 6.17. The lowest BCUT2D eigenvalue weighted by Crippen LogP contribution is -2.33. The fourth-order valence-corrected chi connectivity index (χ4v) is 3.04. The molecule has 0 radical (unpaired) electrons. The molecule has 0 fully saturated rings. The third-order valence-electron chi connectivity index (χ3n) is 3.23. The molecule has 0 aliphatic heterocycles. The van der Waals surface area contributed by atoms with Crippen LogP contribution in [0.15, 0.2) is 76.5 Å². The Morgan fingerprint density at radius 1 is 1.08 bits per heavy atom. The van der Waals surface area contributed by atoms with Crippen molar-refractivity contribution in [3.63, 3.8) is 0 Å². The SMILES string of the molecule is O=C(NS(=O)(=O)c1ccc(-c2ccco2)cc1)c1ccc[n+]([O-])c1. The highest BCUT2D eigenvalue weighted by molar-refractivity contribution is 7.90. The van der Waals surface area contributed by atoms with Gasteiger partial charge in [-0.2, -0.15) is 4.73 Å². The molecule has 0 aliphatic rings. The highest BCUT2D eigenvalue weighted by Gasteiger charge is 2.20. The molecular weight excluding hydrogens is 332 g/mol. The van der Waals surface area contributed by atoms with Crippen LogP contribution in [0.3, 0.4) is 0 Å². The maximum Gasteiger partial charge on any atom is 0.271 e. The normalized spacial score (nSPS) is 11.2. The molecule has 1 amide bonds. The molecule has 3 aromatic rings. The lowest BCUT2D eigenvalue weighted by molar-refractivity contribution is -0.605. The highest BCUT2D eigenvalue weighted by Crippen LogP contribution is 2.21. The monoisotopic (exact) mass is 344 g/mol. The minimum atomic E-state index is -4.05. The van der Waals surface area contributed by atoms with E-state index in [0.29, 0.717) is 16.1 Å². The zero-order valence-electron chi connectivity index (χ0n) is 12.2. The van der Waals surface area contributed by atoms with Gasteiger partial charge >= 0.3 is 0 Å². The van der Waals surface area contributed by atoms with Crippen LogP contribution in [0.2, 0.25) is 0 Å². The molecule has 0 atom stereocenters. The molecule has 1 N–H and O–H groups in total. The summed E-state index contributed by atoms with van der Waals surface area (Å²) in [5, 5.41) is 11.2. The first-order chi connectivity index (χ1) is 11.5. The molecule has 0 unspecified atom stereocenters. The van der Waals surface area contributed by atoms with Crippen LogP contribution in [0.25, 0.3) is 11.3 Å². The number of carbonyl (C=O) groups excluding carboxylic acids is 1. The van der Waals surface area contributed by atoms with E-state index in [0.717, 1.165) is 6.20 Å². The molecule has 24 heavy (non-hydrogen) atoms. The van der Waals surface area contributed by atoms with Crippen molar-refractivity contribution in [3.05, 3.63) is 78.0 Å². The van der Waals surface area contributed by atoms with Crippen LogP contribution < -0.4 is 9.45 Å². The molecule has 122 valence electrons. The first-order valence-corrected chi connectivity index (χ1v) is 8.34. The van der Waals surface area contributed by atoms with E-state index in [1.165, 1.54) is 36.7 Å². The number of nitrogens with zero attached hydrogens (tertiary/aromatic N) is 1. The fraction of sp³-hybridized carbons (Fsp3) is 0. The molecule has 0 bridgehead atoms. The largest absolute Gasteiger partial charge is 0.619 e. The molecule has 0 saturated carbocycles. The van der Waals surface area contributed by atoms with E-state index in [4.69, 9.17) is 4.42 Å². The van der Waals surface area contributed by atoms with Crippen molar-refractivity contribution in [2.75, 3.05) is 0 Å². The zero-order valence-corrected chi connectivity index (χ0v) is 13.1. The number of aromatic nitrogens is 1. The van der Waals surface area contributed by atoms with Gasteiger partial charge in [-0.1, -0.05) is 0 Å². The maximum atomic E-state index is 12.3. The van der Waals surface area contributed by atoms with Gasteiger partial charge in [0.1, 0.15) is 11.3 Å². The maximum absolute atomic E-state index is 12.3. The van der Waals surface area contributed by atoms with Crippen LogP contribution in [0.1, 0.15) is 10.4 Å². The number of hydrogen-bond donors (Lipinski definition) is 1. The van der Waals surface area contributed by atoms with Gasteiger partial charge in [0.25, 0.3) is 15.9 Å². The molecule has 0 aliphatic carbocycles. The average Bonchev–Trinajstić information content (AvgIpc) is 3.09. The van der Waals surface area contributed by atoms with Gasteiger partial charge in [-0.05, 0) is 42.5 Å². The summed E-state index contributed by atoms with van der Waals surface area (Å²) in [4.78, 5) is 11.9. The lowest BCUT2D eigenvalue weighted by atomic mass is 10.2. The van der Waals surface area contributed by atoms with Crippen molar-refractivity contribution in [2.45, 2.75) is 4.90 Å². The molecule has 8 heteroatoms. The third kappa shape index (κ3) is 3.28.